The summed E-state index contributed by atoms with van der Waals surface area (Å²) in [5, 5.41) is 1.65. The number of fused-ring (bicyclic) bond motifs is 1. The molecule has 2 heterocycles. The molecule has 0 saturated carbocycles. The van der Waals surface area contributed by atoms with Crippen LogP contribution >= 0.6 is 0 Å². The summed E-state index contributed by atoms with van der Waals surface area (Å²) < 4.78 is 11.0. The molecule has 0 bridgehead atoms. The van der Waals surface area contributed by atoms with Crippen molar-refractivity contribution in [3.05, 3.63) is 83.9 Å². The van der Waals surface area contributed by atoms with Gasteiger partial charge in [0, 0.05) is 11.6 Å². The summed E-state index contributed by atoms with van der Waals surface area (Å²) in [6, 6.07) is 21.6. The fraction of sp³-hybridized carbons (Fsp3) is 0.231. The van der Waals surface area contributed by atoms with Crippen LogP contribution in [0, 0.1) is 12.8 Å². The molecule has 7 nitrogen and oxygen atoms in total. The van der Waals surface area contributed by atoms with Crippen LogP contribution in [0.1, 0.15) is 17.2 Å². The van der Waals surface area contributed by atoms with Gasteiger partial charge in [0.2, 0.25) is 5.91 Å². The zero-order chi connectivity index (χ0) is 23.1. The third-order valence-electron chi connectivity index (χ3n) is 6.18. The molecule has 2 aliphatic rings. The Hall–Kier alpha value is -3.84. The largest absolute Gasteiger partial charge is 0.497 e. The summed E-state index contributed by atoms with van der Waals surface area (Å²) in [6.07, 6.45) is -0.934. The number of aryl methyl sites for hydroxylation is 1. The molecule has 0 spiro atoms. The van der Waals surface area contributed by atoms with Crippen molar-refractivity contribution < 1.29 is 23.9 Å². The van der Waals surface area contributed by atoms with Crippen molar-refractivity contribution in [3.63, 3.8) is 0 Å². The molecule has 3 aromatic rings. The molecule has 33 heavy (non-hydrogen) atoms. The number of amides is 2. The Morgan fingerprint density at radius 2 is 1.55 bits per heavy atom. The van der Waals surface area contributed by atoms with Crippen molar-refractivity contribution >= 4 is 23.2 Å². The third kappa shape index (κ3) is 3.41. The Morgan fingerprint density at radius 3 is 2.21 bits per heavy atom. The number of anilines is 2. The van der Waals surface area contributed by atoms with Gasteiger partial charge in [0.25, 0.3) is 5.91 Å². The van der Waals surface area contributed by atoms with Crippen molar-refractivity contribution in [3.8, 4) is 11.5 Å². The number of hydrogen-bond donors (Lipinski definition) is 0. The molecule has 3 aromatic carbocycles. The SMILES string of the molecule is COc1ccc([C@@H]2[C@@H]3C(=O)N(c4ccc(C)cc4)C(=O)[C@@H]3ON2c2ccccc2)c(OC)c1. The van der Waals surface area contributed by atoms with Crippen LogP contribution in [0.5, 0.6) is 11.5 Å². The number of carbonyl (C=O) groups excluding carboxylic acids is 2. The Balaban J connectivity index is 1.62. The number of rotatable bonds is 5. The number of benzene rings is 3. The van der Waals surface area contributed by atoms with E-state index in [4.69, 9.17) is 14.3 Å². The van der Waals surface area contributed by atoms with E-state index in [9.17, 15) is 9.59 Å². The predicted molar refractivity (Wildman–Crippen MR) is 123 cm³/mol. The van der Waals surface area contributed by atoms with Crippen LogP contribution in [0.4, 0.5) is 11.4 Å². The van der Waals surface area contributed by atoms with Gasteiger partial charge in [0.15, 0.2) is 6.10 Å². The second kappa shape index (κ2) is 8.26. The molecule has 2 amide bonds. The molecule has 2 saturated heterocycles. The number of ether oxygens (including phenoxy) is 2. The lowest BCUT2D eigenvalue weighted by atomic mass is 9.90. The Bertz CT molecular complexity index is 1200. The summed E-state index contributed by atoms with van der Waals surface area (Å²) in [4.78, 5) is 34.5. The van der Waals surface area contributed by atoms with Gasteiger partial charge in [-0.3, -0.25) is 14.4 Å². The number of hydrogen-bond acceptors (Lipinski definition) is 6. The molecular formula is C26H24N2O5. The summed E-state index contributed by atoms with van der Waals surface area (Å²) in [5.74, 6) is -0.216. The molecule has 168 valence electrons. The second-order valence-electron chi connectivity index (χ2n) is 8.11. The Labute approximate surface area is 192 Å². The molecule has 7 heteroatoms. The van der Waals surface area contributed by atoms with Gasteiger partial charge >= 0.3 is 0 Å². The minimum absolute atomic E-state index is 0.296. The van der Waals surface area contributed by atoms with Gasteiger partial charge in [-0.05, 0) is 43.3 Å². The first-order valence-corrected chi connectivity index (χ1v) is 10.7. The lowest BCUT2D eigenvalue weighted by Gasteiger charge is -2.29. The van der Waals surface area contributed by atoms with E-state index in [0.29, 0.717) is 17.2 Å². The quantitative estimate of drug-likeness (QED) is 0.553. The van der Waals surface area contributed by atoms with Gasteiger partial charge in [0.05, 0.1) is 31.6 Å². The van der Waals surface area contributed by atoms with Crippen LogP contribution in [0.2, 0.25) is 0 Å². The number of carbonyl (C=O) groups is 2. The highest BCUT2D eigenvalue weighted by atomic mass is 16.7. The average molecular weight is 444 g/mol. The van der Waals surface area contributed by atoms with Crippen LogP contribution in [-0.2, 0) is 14.4 Å². The van der Waals surface area contributed by atoms with Crippen molar-refractivity contribution in [1.82, 2.24) is 0 Å². The molecular weight excluding hydrogens is 420 g/mol. The lowest BCUT2D eigenvalue weighted by Crippen LogP contribution is -2.37. The number of hydroxylamine groups is 1. The third-order valence-corrected chi connectivity index (χ3v) is 6.18. The first-order chi connectivity index (χ1) is 16.0. The molecule has 3 atom stereocenters. The van der Waals surface area contributed by atoms with Crippen LogP contribution in [-0.4, -0.2) is 32.1 Å². The highest BCUT2D eigenvalue weighted by Gasteiger charge is 2.60. The first-order valence-electron chi connectivity index (χ1n) is 10.7. The van der Waals surface area contributed by atoms with Gasteiger partial charge in [0.1, 0.15) is 17.4 Å². The number of nitrogens with zero attached hydrogens (tertiary/aromatic N) is 2. The van der Waals surface area contributed by atoms with Crippen LogP contribution < -0.4 is 19.4 Å². The molecule has 0 N–H and O–H groups in total. The van der Waals surface area contributed by atoms with E-state index >= 15 is 0 Å². The van der Waals surface area contributed by atoms with Gasteiger partial charge in [-0.1, -0.05) is 35.9 Å². The van der Waals surface area contributed by atoms with E-state index < -0.39 is 18.1 Å². The highest BCUT2D eigenvalue weighted by Crippen LogP contribution is 2.49. The van der Waals surface area contributed by atoms with E-state index in [2.05, 4.69) is 0 Å². The van der Waals surface area contributed by atoms with Crippen LogP contribution in [0.3, 0.4) is 0 Å². The minimum atomic E-state index is -0.934. The molecule has 5 rings (SSSR count). The van der Waals surface area contributed by atoms with Gasteiger partial charge in [-0.2, -0.15) is 0 Å². The van der Waals surface area contributed by atoms with Crippen molar-refractivity contribution in [2.45, 2.75) is 19.1 Å². The Kier molecular flexibility index (Phi) is 5.26. The second-order valence-corrected chi connectivity index (χ2v) is 8.11. The van der Waals surface area contributed by atoms with Gasteiger partial charge < -0.3 is 9.47 Å². The molecule has 0 unspecified atom stereocenters. The number of para-hydroxylation sites is 1. The maximum atomic E-state index is 13.7. The van der Waals surface area contributed by atoms with E-state index in [0.717, 1.165) is 16.8 Å². The predicted octanol–water partition coefficient (Wildman–Crippen LogP) is 4.06. The maximum absolute atomic E-state index is 13.7. The first kappa shape index (κ1) is 21.0. The Morgan fingerprint density at radius 1 is 0.818 bits per heavy atom. The molecule has 0 radical (unpaired) electrons. The minimum Gasteiger partial charge on any atom is -0.497 e. The van der Waals surface area contributed by atoms with E-state index in [1.165, 1.54) is 4.90 Å². The topological polar surface area (TPSA) is 68.3 Å². The van der Waals surface area contributed by atoms with Crippen LogP contribution in [0.15, 0.2) is 72.8 Å². The molecule has 0 aromatic heterocycles. The van der Waals surface area contributed by atoms with E-state index in [1.807, 2.05) is 61.5 Å². The maximum Gasteiger partial charge on any atom is 0.266 e. The molecule has 2 aliphatic heterocycles. The summed E-state index contributed by atoms with van der Waals surface area (Å²) >= 11 is 0. The average Bonchev–Trinajstić information content (AvgIpc) is 3.35. The standard InChI is InChI=1S/C26H24N2O5/c1-16-9-11-17(12-10-16)27-25(29)22-23(20-14-13-19(31-2)15-21(20)32-3)28(33-24(22)26(27)30)18-7-5-4-6-8-18/h4-15,22-24H,1-3H3/t22-,23+,24+/m0/s1. The van der Waals surface area contributed by atoms with Crippen molar-refractivity contribution in [2.24, 2.45) is 5.92 Å². The molecule has 2 fully saturated rings. The number of imide groups is 1. The zero-order valence-electron chi connectivity index (χ0n) is 18.6. The summed E-state index contributed by atoms with van der Waals surface area (Å²) in [7, 11) is 3.15. The molecule has 0 aliphatic carbocycles. The van der Waals surface area contributed by atoms with Crippen molar-refractivity contribution in [1.29, 1.82) is 0 Å². The summed E-state index contributed by atoms with van der Waals surface area (Å²) in [5.41, 5.74) is 3.07. The number of methoxy groups -OCH3 is 2. The lowest BCUT2D eigenvalue weighted by molar-refractivity contribution is -0.126. The monoisotopic (exact) mass is 444 g/mol. The van der Waals surface area contributed by atoms with E-state index in [-0.39, 0.29) is 11.8 Å². The zero-order valence-corrected chi connectivity index (χ0v) is 18.6. The smallest absolute Gasteiger partial charge is 0.266 e. The van der Waals surface area contributed by atoms with Gasteiger partial charge in [-0.25, -0.2) is 9.96 Å². The fourth-order valence-electron chi connectivity index (χ4n) is 4.54. The van der Waals surface area contributed by atoms with Gasteiger partial charge in [-0.15, -0.1) is 0 Å². The van der Waals surface area contributed by atoms with Crippen LogP contribution in [0.25, 0.3) is 0 Å². The fourth-order valence-corrected chi connectivity index (χ4v) is 4.54. The van der Waals surface area contributed by atoms with E-state index in [1.54, 1.807) is 37.5 Å². The van der Waals surface area contributed by atoms with Crippen molar-refractivity contribution in [2.75, 3.05) is 24.2 Å². The summed E-state index contributed by atoms with van der Waals surface area (Å²) in [6.45, 7) is 1.96. The normalized spacial score (nSPS) is 22.0. The highest BCUT2D eigenvalue weighted by molar-refractivity contribution is 6.23.